The second-order valence-corrected chi connectivity index (χ2v) is 4.83. The molecule has 108 valence electrons. The maximum atomic E-state index is 12.3. The van der Waals surface area contributed by atoms with Crippen LogP contribution in [0.3, 0.4) is 0 Å². The van der Waals surface area contributed by atoms with E-state index in [2.05, 4.69) is 0 Å². The fourth-order valence-corrected chi connectivity index (χ4v) is 2.37. The highest BCUT2D eigenvalue weighted by molar-refractivity contribution is 5.94. The van der Waals surface area contributed by atoms with Gasteiger partial charge in [0.05, 0.1) is 12.7 Å². The molecule has 1 saturated heterocycles. The van der Waals surface area contributed by atoms with E-state index in [1.54, 1.807) is 36.1 Å². The van der Waals surface area contributed by atoms with Gasteiger partial charge in [0.1, 0.15) is 5.92 Å². The summed E-state index contributed by atoms with van der Waals surface area (Å²) < 4.78 is 4.95. The Morgan fingerprint density at radius 3 is 2.70 bits per heavy atom. The molecule has 20 heavy (non-hydrogen) atoms. The molecule has 0 bridgehead atoms. The molecule has 1 aromatic carbocycles. The van der Waals surface area contributed by atoms with Crippen molar-refractivity contribution in [2.24, 2.45) is 5.92 Å². The number of nitrogens with zero attached hydrogens (tertiary/aromatic N) is 1. The number of aliphatic hydroxyl groups is 1. The fraction of sp³-hybridized carbons (Fsp3) is 0.467. The highest BCUT2D eigenvalue weighted by atomic mass is 16.5. The maximum Gasteiger partial charge on any atom is 0.313 e. The zero-order chi connectivity index (χ0) is 14.5. The van der Waals surface area contributed by atoms with Gasteiger partial charge in [0.15, 0.2) is 0 Å². The van der Waals surface area contributed by atoms with Crippen molar-refractivity contribution in [1.82, 2.24) is 4.90 Å². The summed E-state index contributed by atoms with van der Waals surface area (Å²) in [6.07, 6.45) is -0.351. The number of carbonyl (C=O) groups is 2. The lowest BCUT2D eigenvalue weighted by molar-refractivity contribution is -0.154. The number of rotatable bonds is 3. The number of amides is 1. The van der Waals surface area contributed by atoms with Crippen molar-refractivity contribution in [1.29, 1.82) is 0 Å². The van der Waals surface area contributed by atoms with Gasteiger partial charge in [-0.15, -0.1) is 0 Å². The molecule has 1 aliphatic rings. The van der Waals surface area contributed by atoms with Gasteiger partial charge in [0.25, 0.3) is 5.91 Å². The number of ether oxygens (including phenoxy) is 1. The van der Waals surface area contributed by atoms with E-state index in [1.807, 2.05) is 6.07 Å². The third-order valence-electron chi connectivity index (χ3n) is 3.47. The minimum absolute atomic E-state index is 0.119. The average Bonchev–Trinajstić information content (AvgIpc) is 2.48. The van der Waals surface area contributed by atoms with Crippen LogP contribution in [0.1, 0.15) is 23.7 Å². The van der Waals surface area contributed by atoms with E-state index in [-0.39, 0.29) is 19.1 Å². The topological polar surface area (TPSA) is 66.8 Å². The van der Waals surface area contributed by atoms with Crippen LogP contribution in [-0.4, -0.2) is 47.7 Å². The smallest absolute Gasteiger partial charge is 0.313 e. The predicted octanol–water partition coefficient (Wildman–Crippen LogP) is 1.07. The van der Waals surface area contributed by atoms with Gasteiger partial charge in [-0.1, -0.05) is 18.2 Å². The van der Waals surface area contributed by atoms with Crippen LogP contribution in [0.4, 0.5) is 0 Å². The molecule has 2 rings (SSSR count). The SMILES string of the molecule is CCOC(=O)C1CN(C(=O)c2ccccc2)CCC1O. The molecule has 0 spiro atoms. The van der Waals surface area contributed by atoms with Crippen molar-refractivity contribution < 1.29 is 19.4 Å². The minimum atomic E-state index is -0.742. The van der Waals surface area contributed by atoms with E-state index in [9.17, 15) is 14.7 Å². The van der Waals surface area contributed by atoms with Gasteiger partial charge in [-0.2, -0.15) is 0 Å². The molecule has 0 radical (unpaired) electrons. The first-order valence-electron chi connectivity index (χ1n) is 6.82. The molecule has 1 heterocycles. The van der Waals surface area contributed by atoms with Gasteiger partial charge in [-0.3, -0.25) is 9.59 Å². The Labute approximate surface area is 118 Å². The van der Waals surface area contributed by atoms with Crippen molar-refractivity contribution in [2.75, 3.05) is 19.7 Å². The Morgan fingerprint density at radius 2 is 2.05 bits per heavy atom. The average molecular weight is 277 g/mol. The summed E-state index contributed by atoms with van der Waals surface area (Å²) in [5.41, 5.74) is 0.589. The van der Waals surface area contributed by atoms with Gasteiger partial charge >= 0.3 is 5.97 Å². The first kappa shape index (κ1) is 14.5. The summed E-state index contributed by atoms with van der Waals surface area (Å²) in [4.78, 5) is 25.7. The Hall–Kier alpha value is -1.88. The highest BCUT2D eigenvalue weighted by Gasteiger charge is 2.36. The molecule has 1 amide bonds. The van der Waals surface area contributed by atoms with Gasteiger partial charge in [0, 0.05) is 18.7 Å². The minimum Gasteiger partial charge on any atom is -0.466 e. The summed E-state index contributed by atoms with van der Waals surface area (Å²) in [7, 11) is 0. The molecule has 1 fully saturated rings. The van der Waals surface area contributed by atoms with Gasteiger partial charge in [-0.25, -0.2) is 0 Å². The highest BCUT2D eigenvalue weighted by Crippen LogP contribution is 2.20. The van der Waals surface area contributed by atoms with E-state index in [0.29, 0.717) is 18.5 Å². The molecule has 1 aliphatic heterocycles. The summed E-state index contributed by atoms with van der Waals surface area (Å²) >= 11 is 0. The van der Waals surface area contributed by atoms with Crippen molar-refractivity contribution in [3.63, 3.8) is 0 Å². The number of carbonyl (C=O) groups excluding carboxylic acids is 2. The third-order valence-corrected chi connectivity index (χ3v) is 3.47. The third kappa shape index (κ3) is 3.17. The van der Waals surface area contributed by atoms with Gasteiger partial charge in [-0.05, 0) is 25.5 Å². The zero-order valence-electron chi connectivity index (χ0n) is 11.5. The number of piperidine rings is 1. The van der Waals surface area contributed by atoms with Gasteiger partial charge in [0.2, 0.25) is 0 Å². The molecule has 1 aromatic rings. The van der Waals surface area contributed by atoms with Crippen LogP contribution in [0, 0.1) is 5.92 Å². The molecule has 5 heteroatoms. The van der Waals surface area contributed by atoms with Gasteiger partial charge < -0.3 is 14.7 Å². The number of esters is 1. The van der Waals surface area contributed by atoms with Crippen LogP contribution in [0.2, 0.25) is 0 Å². The Balaban J connectivity index is 2.07. The molecular weight excluding hydrogens is 258 g/mol. The lowest BCUT2D eigenvalue weighted by atomic mass is 9.94. The number of likely N-dealkylation sites (tertiary alicyclic amines) is 1. The Bertz CT molecular complexity index is 474. The van der Waals surface area contributed by atoms with Crippen LogP contribution in [-0.2, 0) is 9.53 Å². The maximum absolute atomic E-state index is 12.3. The normalized spacial score (nSPS) is 22.4. The first-order chi connectivity index (χ1) is 9.63. The van der Waals surface area contributed by atoms with Crippen LogP contribution in [0.15, 0.2) is 30.3 Å². The molecule has 2 unspecified atom stereocenters. The van der Waals surface area contributed by atoms with Crippen molar-refractivity contribution in [2.45, 2.75) is 19.4 Å². The van der Waals surface area contributed by atoms with Crippen molar-refractivity contribution >= 4 is 11.9 Å². The first-order valence-corrected chi connectivity index (χ1v) is 6.82. The van der Waals surface area contributed by atoms with E-state index in [4.69, 9.17) is 4.74 Å². The van der Waals surface area contributed by atoms with Crippen LogP contribution in [0.25, 0.3) is 0 Å². The van der Waals surface area contributed by atoms with E-state index >= 15 is 0 Å². The molecule has 2 atom stereocenters. The van der Waals surface area contributed by atoms with E-state index < -0.39 is 18.0 Å². The molecular formula is C15H19NO4. The summed E-state index contributed by atoms with van der Waals surface area (Å²) in [5.74, 6) is -1.21. The number of hydrogen-bond acceptors (Lipinski definition) is 4. The van der Waals surface area contributed by atoms with Crippen molar-refractivity contribution in [3.8, 4) is 0 Å². The molecule has 1 N–H and O–H groups in total. The van der Waals surface area contributed by atoms with Crippen LogP contribution < -0.4 is 0 Å². The molecule has 0 aliphatic carbocycles. The largest absolute Gasteiger partial charge is 0.466 e. The quantitative estimate of drug-likeness (QED) is 0.839. The Kier molecular flexibility index (Phi) is 4.74. The fourth-order valence-electron chi connectivity index (χ4n) is 2.37. The lowest BCUT2D eigenvalue weighted by Gasteiger charge is -2.34. The molecule has 0 saturated carbocycles. The van der Waals surface area contributed by atoms with E-state index in [0.717, 1.165) is 0 Å². The lowest BCUT2D eigenvalue weighted by Crippen LogP contribution is -2.49. The number of aliphatic hydroxyl groups excluding tert-OH is 1. The van der Waals surface area contributed by atoms with Crippen LogP contribution in [0.5, 0.6) is 0 Å². The van der Waals surface area contributed by atoms with Crippen molar-refractivity contribution in [3.05, 3.63) is 35.9 Å². The standard InChI is InChI=1S/C15H19NO4/c1-2-20-15(19)12-10-16(9-8-13(12)17)14(18)11-6-4-3-5-7-11/h3-7,12-13,17H,2,8-10H2,1H3. The second-order valence-electron chi connectivity index (χ2n) is 4.83. The molecule has 0 aromatic heterocycles. The van der Waals surface area contributed by atoms with E-state index in [1.165, 1.54) is 0 Å². The van der Waals surface area contributed by atoms with Crippen LogP contribution >= 0.6 is 0 Å². The summed E-state index contributed by atoms with van der Waals surface area (Å²) in [6.45, 7) is 2.65. The number of hydrogen-bond donors (Lipinski definition) is 1. The predicted molar refractivity (Wildman–Crippen MR) is 73.1 cm³/mol. The zero-order valence-corrected chi connectivity index (χ0v) is 11.5. The second kappa shape index (κ2) is 6.52. The summed E-state index contributed by atoms with van der Waals surface area (Å²) in [6, 6.07) is 8.93. The number of benzene rings is 1. The molecule has 5 nitrogen and oxygen atoms in total. The Morgan fingerprint density at radius 1 is 1.35 bits per heavy atom. The monoisotopic (exact) mass is 277 g/mol. The summed E-state index contributed by atoms with van der Waals surface area (Å²) in [5, 5.41) is 9.90.